The van der Waals surface area contributed by atoms with Crippen LogP contribution in [0, 0.1) is 27.7 Å². The monoisotopic (exact) mass is 814 g/mol. The van der Waals surface area contributed by atoms with Crippen molar-refractivity contribution in [3.63, 3.8) is 0 Å². The summed E-state index contributed by atoms with van der Waals surface area (Å²) in [6, 6.07) is 24.0. The molecule has 5 rings (SSSR count). The molecule has 304 valence electrons. The lowest BCUT2D eigenvalue weighted by Gasteiger charge is -2.34. The second-order valence-electron chi connectivity index (χ2n) is 15.4. The molecule has 0 unspecified atom stereocenters. The van der Waals surface area contributed by atoms with Crippen molar-refractivity contribution in [2.45, 2.75) is 89.2 Å². The third-order valence-electron chi connectivity index (χ3n) is 10.3. The van der Waals surface area contributed by atoms with Crippen LogP contribution in [-0.2, 0) is 42.9 Å². The number of hydrogen-bond acceptors (Lipinski definition) is 9. The van der Waals surface area contributed by atoms with Gasteiger partial charge in [0.05, 0.1) is 30.5 Å². The van der Waals surface area contributed by atoms with Gasteiger partial charge in [-0.3, -0.25) is 14.4 Å². The van der Waals surface area contributed by atoms with Gasteiger partial charge in [0.15, 0.2) is 15.9 Å². The molecule has 13 heteroatoms. The molecule has 0 radical (unpaired) electrons. The van der Waals surface area contributed by atoms with Crippen molar-refractivity contribution in [1.82, 2.24) is 15.5 Å². The molecule has 11 nitrogen and oxygen atoms in total. The molecule has 0 bridgehead atoms. The number of methoxy groups -OCH3 is 1. The van der Waals surface area contributed by atoms with Crippen LogP contribution in [0.3, 0.4) is 0 Å². The summed E-state index contributed by atoms with van der Waals surface area (Å²) in [4.78, 5) is 44.0. The minimum atomic E-state index is -3.90. The van der Waals surface area contributed by atoms with E-state index in [1.807, 2.05) is 108 Å². The van der Waals surface area contributed by atoms with Gasteiger partial charge in [-0.05, 0) is 93.5 Å². The summed E-state index contributed by atoms with van der Waals surface area (Å²) in [5.41, 5.74) is 6.53. The molecule has 1 aliphatic heterocycles. The number of aliphatic hydroxyl groups excluding tert-OH is 1. The summed E-state index contributed by atoms with van der Waals surface area (Å²) in [7, 11) is -2.38. The van der Waals surface area contributed by atoms with Gasteiger partial charge in [-0.15, -0.1) is 11.8 Å². The molecule has 4 aromatic rings. The Balaban J connectivity index is 1.43. The van der Waals surface area contributed by atoms with Crippen LogP contribution in [0.5, 0.6) is 5.75 Å². The molecule has 1 heterocycles. The van der Waals surface area contributed by atoms with Crippen LogP contribution in [0.4, 0.5) is 5.69 Å². The van der Waals surface area contributed by atoms with Gasteiger partial charge in [-0.25, -0.2) is 8.42 Å². The molecule has 0 saturated carbocycles. The fraction of sp³-hybridized carbons (Fsp3) is 0.386. The molecular weight excluding hydrogens is 761 g/mol. The largest absolute Gasteiger partial charge is 0.497 e. The fourth-order valence-corrected chi connectivity index (χ4v) is 9.99. The standard InChI is InChI=1S/C44H54N4O7S2/c1-28-21-30(3)38(31(4)22-28)46-37(26-57(53,54)25-33-17-19-35(55-7)20-18-33)41(50)47-36(23-32-14-9-8-10-15-32)39(49)43(52)48-27-56-44(5,6)40(48)42(51)45-24-34-16-12-11-13-29(34)2/h8-22,36-37,39-40,46,49H,23-27H2,1-7H3,(H,45,51)(H,47,50)/t36-,37+,39-,40+/m0/s1. The third-order valence-corrected chi connectivity index (χ3v) is 13.3. The number of thioether (sulfide) groups is 1. The van der Waals surface area contributed by atoms with Crippen LogP contribution >= 0.6 is 11.8 Å². The molecule has 0 aromatic heterocycles. The van der Waals surface area contributed by atoms with E-state index in [9.17, 15) is 27.9 Å². The predicted molar refractivity (Wildman–Crippen MR) is 227 cm³/mol. The number of anilines is 1. The van der Waals surface area contributed by atoms with Crippen LogP contribution in [0.1, 0.15) is 52.8 Å². The fourth-order valence-electron chi connectivity index (χ4n) is 7.29. The summed E-state index contributed by atoms with van der Waals surface area (Å²) < 4.78 is 32.1. The zero-order valence-corrected chi connectivity index (χ0v) is 35.3. The van der Waals surface area contributed by atoms with Crippen molar-refractivity contribution in [3.05, 3.63) is 130 Å². The highest BCUT2D eigenvalue weighted by molar-refractivity contribution is 8.00. The van der Waals surface area contributed by atoms with Gasteiger partial charge in [0.2, 0.25) is 11.8 Å². The van der Waals surface area contributed by atoms with Gasteiger partial charge in [-0.1, -0.05) is 84.4 Å². The Kier molecular flexibility index (Phi) is 14.1. The highest BCUT2D eigenvalue weighted by Crippen LogP contribution is 2.40. The number of hydrogen-bond donors (Lipinski definition) is 4. The van der Waals surface area contributed by atoms with Gasteiger partial charge < -0.3 is 30.7 Å². The molecule has 1 fully saturated rings. The molecular formula is C44H54N4O7S2. The van der Waals surface area contributed by atoms with E-state index in [1.165, 1.54) is 23.8 Å². The van der Waals surface area contributed by atoms with E-state index in [2.05, 4.69) is 16.0 Å². The Hall–Kier alpha value is -4.85. The number of nitrogens with one attached hydrogen (secondary N) is 3. The number of aryl methyl sites for hydroxylation is 4. The highest BCUT2D eigenvalue weighted by Gasteiger charge is 2.50. The summed E-state index contributed by atoms with van der Waals surface area (Å²) in [5.74, 6) is -1.93. The normalized spacial score (nSPS) is 16.6. The van der Waals surface area contributed by atoms with E-state index in [1.54, 1.807) is 24.3 Å². The van der Waals surface area contributed by atoms with E-state index in [0.717, 1.165) is 33.4 Å². The summed E-state index contributed by atoms with van der Waals surface area (Å²) in [6.07, 6.45) is -1.71. The van der Waals surface area contributed by atoms with Gasteiger partial charge in [-0.2, -0.15) is 0 Å². The molecule has 1 saturated heterocycles. The highest BCUT2D eigenvalue weighted by atomic mass is 32.2. The smallest absolute Gasteiger partial charge is 0.254 e. The maximum Gasteiger partial charge on any atom is 0.254 e. The van der Waals surface area contributed by atoms with E-state index in [0.29, 0.717) is 17.0 Å². The van der Waals surface area contributed by atoms with Crippen LogP contribution in [0.25, 0.3) is 0 Å². The molecule has 1 aliphatic rings. The second-order valence-corrected chi connectivity index (χ2v) is 19.1. The lowest BCUT2D eigenvalue weighted by Crippen LogP contribution is -2.59. The van der Waals surface area contributed by atoms with Crippen molar-refractivity contribution in [1.29, 1.82) is 0 Å². The Bertz CT molecular complexity index is 2140. The number of ether oxygens (including phenoxy) is 1. The van der Waals surface area contributed by atoms with Gasteiger partial charge in [0.1, 0.15) is 17.8 Å². The summed E-state index contributed by atoms with van der Waals surface area (Å²) in [5, 5.41) is 21.0. The SMILES string of the molecule is COc1ccc(CS(=O)(=O)C[C@@H](Nc2c(C)cc(C)cc2C)C(=O)N[C@@H](Cc2ccccc2)[C@H](O)C(=O)N2CSC(C)(C)[C@H]2C(=O)NCc2ccccc2C)cc1. The quantitative estimate of drug-likeness (QED) is 0.116. The van der Waals surface area contributed by atoms with E-state index in [-0.39, 0.29) is 30.5 Å². The van der Waals surface area contributed by atoms with Crippen molar-refractivity contribution in [3.8, 4) is 5.75 Å². The molecule has 57 heavy (non-hydrogen) atoms. The number of benzene rings is 4. The summed E-state index contributed by atoms with van der Waals surface area (Å²) in [6.45, 7) is 11.7. The molecule has 3 amide bonds. The van der Waals surface area contributed by atoms with Crippen molar-refractivity contribution < 1.29 is 32.6 Å². The molecule has 0 aliphatic carbocycles. The van der Waals surface area contributed by atoms with Crippen LogP contribution in [-0.4, -0.2) is 83.9 Å². The Labute approximate surface area is 340 Å². The number of amides is 3. The van der Waals surface area contributed by atoms with Crippen LogP contribution < -0.4 is 20.7 Å². The van der Waals surface area contributed by atoms with Crippen molar-refractivity contribution in [2.24, 2.45) is 0 Å². The van der Waals surface area contributed by atoms with E-state index in [4.69, 9.17) is 4.74 Å². The zero-order valence-electron chi connectivity index (χ0n) is 33.7. The molecule has 4 atom stereocenters. The van der Waals surface area contributed by atoms with Gasteiger partial charge in [0, 0.05) is 17.0 Å². The van der Waals surface area contributed by atoms with Gasteiger partial charge in [0.25, 0.3) is 5.91 Å². The number of nitrogens with zero attached hydrogens (tertiary/aromatic N) is 1. The number of rotatable bonds is 16. The first-order valence-corrected chi connectivity index (χ1v) is 21.8. The minimum absolute atomic E-state index is 0.0575. The Morgan fingerprint density at radius 2 is 1.53 bits per heavy atom. The summed E-state index contributed by atoms with van der Waals surface area (Å²) >= 11 is 1.43. The average Bonchev–Trinajstić information content (AvgIpc) is 3.49. The van der Waals surface area contributed by atoms with Gasteiger partial charge >= 0.3 is 0 Å². The lowest BCUT2D eigenvalue weighted by molar-refractivity contribution is -0.147. The van der Waals surface area contributed by atoms with Crippen LogP contribution in [0.15, 0.2) is 91.0 Å². The minimum Gasteiger partial charge on any atom is -0.497 e. The number of carbonyl (C=O) groups is 3. The van der Waals surface area contributed by atoms with Crippen LogP contribution in [0.2, 0.25) is 0 Å². The maximum atomic E-state index is 14.5. The second kappa shape index (κ2) is 18.6. The van der Waals surface area contributed by atoms with E-state index < -0.39 is 56.4 Å². The van der Waals surface area contributed by atoms with Crippen molar-refractivity contribution in [2.75, 3.05) is 24.1 Å². The number of aliphatic hydroxyl groups is 1. The first-order chi connectivity index (χ1) is 27.0. The first-order valence-electron chi connectivity index (χ1n) is 18.9. The Morgan fingerprint density at radius 1 is 0.895 bits per heavy atom. The maximum absolute atomic E-state index is 14.5. The average molecular weight is 815 g/mol. The zero-order chi connectivity index (χ0) is 41.5. The Morgan fingerprint density at radius 3 is 2.16 bits per heavy atom. The number of sulfone groups is 1. The molecule has 4 N–H and O–H groups in total. The lowest BCUT2D eigenvalue weighted by atomic mass is 9.96. The topological polar surface area (TPSA) is 154 Å². The predicted octanol–water partition coefficient (Wildman–Crippen LogP) is 5.41. The molecule has 0 spiro atoms. The molecule has 4 aromatic carbocycles. The third kappa shape index (κ3) is 11.2. The number of carbonyl (C=O) groups excluding carboxylic acids is 3. The van der Waals surface area contributed by atoms with Crippen molar-refractivity contribution >= 4 is 45.0 Å². The van der Waals surface area contributed by atoms with E-state index >= 15 is 0 Å². The first kappa shape index (κ1) is 43.3.